The second-order valence-corrected chi connectivity index (χ2v) is 3.37. The van der Waals surface area contributed by atoms with Crippen LogP contribution in [0.15, 0.2) is 36.5 Å². The van der Waals surface area contributed by atoms with Crippen molar-refractivity contribution in [2.24, 2.45) is 7.05 Å². The minimum absolute atomic E-state index is 0.761. The Balaban J connectivity index is 2.23. The van der Waals surface area contributed by atoms with Crippen LogP contribution >= 0.6 is 0 Å². The Labute approximate surface area is 83.2 Å². The molecule has 0 radical (unpaired) electrons. The molecule has 0 fully saturated rings. The van der Waals surface area contributed by atoms with E-state index < -0.39 is 0 Å². The lowest BCUT2D eigenvalue weighted by atomic mass is 10.1. The third-order valence-corrected chi connectivity index (χ3v) is 2.15. The van der Waals surface area contributed by atoms with E-state index in [1.54, 1.807) is 4.68 Å². The van der Waals surface area contributed by atoms with Gasteiger partial charge in [0.05, 0.1) is 11.4 Å². The predicted molar refractivity (Wildman–Crippen MR) is 56.9 cm³/mol. The number of aromatic nitrogens is 2. The van der Waals surface area contributed by atoms with E-state index in [0.29, 0.717) is 0 Å². The lowest BCUT2D eigenvalue weighted by Crippen LogP contribution is -1.94. The molecule has 1 aromatic carbocycles. The zero-order chi connectivity index (χ0) is 9.97. The highest BCUT2D eigenvalue weighted by atomic mass is 15.3. The van der Waals surface area contributed by atoms with E-state index in [1.165, 1.54) is 5.56 Å². The van der Waals surface area contributed by atoms with Crippen LogP contribution in [0, 0.1) is 0 Å². The number of nitrogens with two attached hydrogens (primary N) is 1. The summed E-state index contributed by atoms with van der Waals surface area (Å²) < 4.78 is 1.74. The number of hydrogen-bond donors (Lipinski definition) is 1. The van der Waals surface area contributed by atoms with Gasteiger partial charge in [-0.3, -0.25) is 4.68 Å². The van der Waals surface area contributed by atoms with Crippen molar-refractivity contribution in [2.45, 2.75) is 6.42 Å². The molecule has 0 saturated carbocycles. The summed E-state index contributed by atoms with van der Waals surface area (Å²) in [5, 5.41) is 4.30. The minimum Gasteiger partial charge on any atom is -0.396 e. The summed E-state index contributed by atoms with van der Waals surface area (Å²) in [6.45, 7) is 0. The summed E-state index contributed by atoms with van der Waals surface area (Å²) in [6, 6.07) is 10.2. The Hall–Kier alpha value is -1.77. The van der Waals surface area contributed by atoms with Gasteiger partial charge in [0, 0.05) is 19.7 Å². The molecule has 2 aromatic rings. The van der Waals surface area contributed by atoms with Crippen LogP contribution in [0.25, 0.3) is 0 Å². The summed E-state index contributed by atoms with van der Waals surface area (Å²) in [5.74, 6) is 0. The summed E-state index contributed by atoms with van der Waals surface area (Å²) in [7, 11) is 1.88. The summed E-state index contributed by atoms with van der Waals surface area (Å²) in [6.07, 6.45) is 2.63. The highest BCUT2D eigenvalue weighted by molar-refractivity contribution is 5.43. The Bertz CT molecular complexity index is 417. The van der Waals surface area contributed by atoms with E-state index in [1.807, 2.05) is 31.4 Å². The Kier molecular flexibility index (Phi) is 2.23. The molecule has 0 bridgehead atoms. The molecule has 0 unspecified atom stereocenters. The first-order chi connectivity index (χ1) is 6.75. The summed E-state index contributed by atoms with van der Waals surface area (Å²) in [4.78, 5) is 0. The molecule has 0 aliphatic carbocycles. The zero-order valence-electron chi connectivity index (χ0n) is 8.14. The Morgan fingerprint density at radius 3 is 2.57 bits per heavy atom. The Morgan fingerprint density at radius 2 is 2.00 bits per heavy atom. The first kappa shape index (κ1) is 8.81. The van der Waals surface area contributed by atoms with Gasteiger partial charge in [-0.2, -0.15) is 5.10 Å². The SMILES string of the molecule is Cn1cc(N)c(Cc2ccccc2)n1. The van der Waals surface area contributed by atoms with E-state index in [-0.39, 0.29) is 0 Å². The first-order valence-electron chi connectivity index (χ1n) is 4.57. The van der Waals surface area contributed by atoms with Gasteiger partial charge in [0.2, 0.25) is 0 Å². The van der Waals surface area contributed by atoms with Crippen molar-refractivity contribution >= 4 is 5.69 Å². The van der Waals surface area contributed by atoms with Crippen molar-refractivity contribution in [3.63, 3.8) is 0 Å². The zero-order valence-corrected chi connectivity index (χ0v) is 8.14. The molecule has 0 spiro atoms. The highest BCUT2D eigenvalue weighted by Crippen LogP contribution is 2.13. The van der Waals surface area contributed by atoms with Crippen LogP contribution in [0.1, 0.15) is 11.3 Å². The molecule has 14 heavy (non-hydrogen) atoms. The maximum absolute atomic E-state index is 5.81. The van der Waals surface area contributed by atoms with Gasteiger partial charge < -0.3 is 5.73 Å². The largest absolute Gasteiger partial charge is 0.396 e. The highest BCUT2D eigenvalue weighted by Gasteiger charge is 2.04. The minimum atomic E-state index is 0.761. The second-order valence-electron chi connectivity index (χ2n) is 3.37. The van der Waals surface area contributed by atoms with Gasteiger partial charge in [0.25, 0.3) is 0 Å². The van der Waals surface area contributed by atoms with Crippen molar-refractivity contribution in [2.75, 3.05) is 5.73 Å². The van der Waals surface area contributed by atoms with Gasteiger partial charge >= 0.3 is 0 Å². The van der Waals surface area contributed by atoms with Gasteiger partial charge in [0.1, 0.15) is 0 Å². The molecule has 0 aliphatic heterocycles. The standard InChI is InChI=1S/C11H13N3/c1-14-8-10(12)11(13-14)7-9-5-3-2-4-6-9/h2-6,8H,7,12H2,1H3. The topological polar surface area (TPSA) is 43.8 Å². The lowest BCUT2D eigenvalue weighted by molar-refractivity contribution is 0.749. The molecule has 0 amide bonds. The van der Waals surface area contributed by atoms with Gasteiger partial charge in [-0.15, -0.1) is 0 Å². The fourth-order valence-electron chi connectivity index (χ4n) is 1.48. The fraction of sp³-hybridized carbons (Fsp3) is 0.182. The number of hydrogen-bond acceptors (Lipinski definition) is 2. The van der Waals surface area contributed by atoms with Crippen LogP contribution in [-0.2, 0) is 13.5 Å². The third kappa shape index (κ3) is 1.76. The van der Waals surface area contributed by atoms with Crippen LogP contribution in [0.5, 0.6) is 0 Å². The molecule has 0 atom stereocenters. The summed E-state index contributed by atoms with van der Waals surface area (Å²) in [5.41, 5.74) is 8.74. The third-order valence-electron chi connectivity index (χ3n) is 2.15. The molecule has 1 heterocycles. The van der Waals surface area contributed by atoms with Crippen molar-refractivity contribution in [1.29, 1.82) is 0 Å². The molecule has 3 heteroatoms. The molecular weight excluding hydrogens is 174 g/mol. The smallest absolute Gasteiger partial charge is 0.0897 e. The summed E-state index contributed by atoms with van der Waals surface area (Å²) >= 11 is 0. The number of rotatable bonds is 2. The quantitative estimate of drug-likeness (QED) is 0.776. The number of anilines is 1. The molecule has 3 nitrogen and oxygen atoms in total. The average Bonchev–Trinajstić information content (AvgIpc) is 2.47. The van der Waals surface area contributed by atoms with Crippen LogP contribution in [0.4, 0.5) is 5.69 Å². The molecule has 0 saturated heterocycles. The number of nitrogens with zero attached hydrogens (tertiary/aromatic N) is 2. The fourth-order valence-corrected chi connectivity index (χ4v) is 1.48. The van der Waals surface area contributed by atoms with Crippen molar-refractivity contribution in [1.82, 2.24) is 9.78 Å². The van der Waals surface area contributed by atoms with E-state index in [2.05, 4.69) is 17.2 Å². The molecule has 2 N–H and O–H groups in total. The van der Waals surface area contributed by atoms with Gasteiger partial charge in [-0.25, -0.2) is 0 Å². The van der Waals surface area contributed by atoms with Crippen molar-refractivity contribution < 1.29 is 0 Å². The van der Waals surface area contributed by atoms with E-state index in [0.717, 1.165) is 17.8 Å². The first-order valence-corrected chi connectivity index (χ1v) is 4.57. The van der Waals surface area contributed by atoms with Crippen LogP contribution in [0.3, 0.4) is 0 Å². The van der Waals surface area contributed by atoms with E-state index in [4.69, 9.17) is 5.73 Å². The molecule has 1 aromatic heterocycles. The Morgan fingerprint density at radius 1 is 1.29 bits per heavy atom. The maximum atomic E-state index is 5.81. The maximum Gasteiger partial charge on any atom is 0.0897 e. The second kappa shape index (κ2) is 3.54. The van der Waals surface area contributed by atoms with Crippen LogP contribution in [0.2, 0.25) is 0 Å². The molecule has 0 aliphatic rings. The number of nitrogen functional groups attached to an aromatic ring is 1. The number of aryl methyl sites for hydroxylation is 1. The van der Waals surface area contributed by atoms with Gasteiger partial charge in [-0.1, -0.05) is 30.3 Å². The van der Waals surface area contributed by atoms with Crippen molar-refractivity contribution in [3.05, 3.63) is 47.8 Å². The lowest BCUT2D eigenvalue weighted by Gasteiger charge is -1.98. The van der Waals surface area contributed by atoms with Gasteiger partial charge in [0.15, 0.2) is 0 Å². The molecule has 2 rings (SSSR count). The monoisotopic (exact) mass is 187 g/mol. The number of benzene rings is 1. The molecular formula is C11H13N3. The van der Waals surface area contributed by atoms with Crippen LogP contribution in [-0.4, -0.2) is 9.78 Å². The predicted octanol–water partition coefficient (Wildman–Crippen LogP) is 1.59. The van der Waals surface area contributed by atoms with E-state index in [9.17, 15) is 0 Å². The van der Waals surface area contributed by atoms with Crippen molar-refractivity contribution in [3.8, 4) is 0 Å². The van der Waals surface area contributed by atoms with Crippen LogP contribution < -0.4 is 5.73 Å². The van der Waals surface area contributed by atoms with Gasteiger partial charge in [-0.05, 0) is 5.56 Å². The average molecular weight is 187 g/mol. The molecule has 72 valence electrons. The normalized spacial score (nSPS) is 10.4. The van der Waals surface area contributed by atoms with E-state index >= 15 is 0 Å².